The average Bonchev–Trinajstić information content (AvgIpc) is 3.28. The van der Waals surface area contributed by atoms with Crippen LogP contribution >= 0.6 is 0 Å². The lowest BCUT2D eigenvalue weighted by molar-refractivity contribution is -0.137. The summed E-state index contributed by atoms with van der Waals surface area (Å²) in [7, 11) is 1.31. The Hall–Kier alpha value is -3.86. The molecule has 2 aliphatic rings. The summed E-state index contributed by atoms with van der Waals surface area (Å²) in [6.45, 7) is 4.26. The molecule has 8 heteroatoms. The van der Waals surface area contributed by atoms with E-state index < -0.39 is 12.1 Å². The van der Waals surface area contributed by atoms with Crippen molar-refractivity contribution in [3.63, 3.8) is 0 Å². The maximum Gasteiger partial charge on any atom is 0.341 e. The highest BCUT2D eigenvalue weighted by atomic mass is 16.7. The number of hydrogen-bond donors (Lipinski definition) is 0. The lowest BCUT2D eigenvalue weighted by Crippen LogP contribution is -2.25. The Bertz CT molecular complexity index is 1120. The number of ether oxygens (including phenoxy) is 6. The van der Waals surface area contributed by atoms with Crippen LogP contribution in [0.15, 0.2) is 42.0 Å². The number of nitrogens with zero attached hydrogens (tertiary/aromatic N) is 1. The molecule has 172 valence electrons. The molecule has 0 amide bonds. The molecule has 2 aromatic rings. The zero-order valence-corrected chi connectivity index (χ0v) is 18.8. The lowest BCUT2D eigenvalue weighted by Gasteiger charge is -2.30. The van der Waals surface area contributed by atoms with Crippen LogP contribution < -0.4 is 18.9 Å². The Kier molecular flexibility index (Phi) is 6.59. The molecule has 0 N–H and O–H groups in total. The van der Waals surface area contributed by atoms with E-state index in [1.165, 1.54) is 7.11 Å². The zero-order chi connectivity index (χ0) is 23.4. The predicted octanol–water partition coefficient (Wildman–Crippen LogP) is 4.54. The first-order valence-corrected chi connectivity index (χ1v) is 10.7. The second kappa shape index (κ2) is 9.74. The standard InChI is InChI=1S/C25H25NO7/c1-15(2)32-17-7-9-19-18(13-17)24(29-11-5-4-10-26)22(25(27)28-3)23(33-19)16-6-8-20-21(12-16)31-14-30-20/h6-9,12-13,15,23H,4-5,11,14H2,1-3H3. The summed E-state index contributed by atoms with van der Waals surface area (Å²) in [5.74, 6) is 2.13. The molecule has 0 fully saturated rings. The average molecular weight is 451 g/mol. The Morgan fingerprint density at radius 3 is 2.70 bits per heavy atom. The SMILES string of the molecule is COC(=O)C1=C(OCCCC#N)c2cc(OC(C)C)ccc2OC1c1ccc2c(c1)OCO2. The molecule has 2 heterocycles. The third-order valence-corrected chi connectivity index (χ3v) is 5.10. The van der Waals surface area contributed by atoms with Crippen LogP contribution in [0.4, 0.5) is 0 Å². The van der Waals surface area contributed by atoms with Crippen molar-refractivity contribution in [3.05, 3.63) is 53.1 Å². The summed E-state index contributed by atoms with van der Waals surface area (Å²) in [5.41, 5.74) is 1.50. The van der Waals surface area contributed by atoms with E-state index in [1.807, 2.05) is 26.0 Å². The van der Waals surface area contributed by atoms with Gasteiger partial charge in [0.25, 0.3) is 0 Å². The van der Waals surface area contributed by atoms with Crippen molar-refractivity contribution in [2.45, 2.75) is 38.9 Å². The van der Waals surface area contributed by atoms with Gasteiger partial charge in [0.1, 0.15) is 22.8 Å². The van der Waals surface area contributed by atoms with E-state index in [0.29, 0.717) is 52.7 Å². The number of carbonyl (C=O) groups is 1. The summed E-state index contributed by atoms with van der Waals surface area (Å²) in [5, 5.41) is 8.88. The normalized spacial score (nSPS) is 16.0. The van der Waals surface area contributed by atoms with Crippen molar-refractivity contribution in [2.75, 3.05) is 20.5 Å². The molecule has 2 aromatic carbocycles. The number of benzene rings is 2. The van der Waals surface area contributed by atoms with E-state index >= 15 is 0 Å². The summed E-state index contributed by atoms with van der Waals surface area (Å²) >= 11 is 0. The minimum atomic E-state index is -0.790. The summed E-state index contributed by atoms with van der Waals surface area (Å²) < 4.78 is 34.2. The van der Waals surface area contributed by atoms with E-state index in [0.717, 1.165) is 0 Å². The van der Waals surface area contributed by atoms with Gasteiger partial charge in [0.15, 0.2) is 17.6 Å². The van der Waals surface area contributed by atoms with Crippen LogP contribution in [-0.4, -0.2) is 32.6 Å². The van der Waals surface area contributed by atoms with Crippen molar-refractivity contribution in [2.24, 2.45) is 0 Å². The molecule has 0 saturated carbocycles. The van der Waals surface area contributed by atoms with Crippen LogP contribution in [0.25, 0.3) is 5.76 Å². The van der Waals surface area contributed by atoms with Gasteiger partial charge in [-0.05, 0) is 50.6 Å². The Morgan fingerprint density at radius 1 is 1.15 bits per heavy atom. The van der Waals surface area contributed by atoms with Gasteiger partial charge >= 0.3 is 5.97 Å². The highest BCUT2D eigenvalue weighted by Gasteiger charge is 2.37. The van der Waals surface area contributed by atoms with Crippen LogP contribution in [0.5, 0.6) is 23.0 Å². The molecule has 0 saturated heterocycles. The number of fused-ring (bicyclic) bond motifs is 2. The van der Waals surface area contributed by atoms with Crippen LogP contribution in [0.1, 0.15) is 43.9 Å². The fourth-order valence-electron chi connectivity index (χ4n) is 3.69. The molecule has 33 heavy (non-hydrogen) atoms. The topological polar surface area (TPSA) is 96.2 Å². The van der Waals surface area contributed by atoms with Gasteiger partial charge in [-0.1, -0.05) is 6.07 Å². The molecule has 2 aliphatic heterocycles. The van der Waals surface area contributed by atoms with Gasteiger partial charge in [0, 0.05) is 12.0 Å². The predicted molar refractivity (Wildman–Crippen MR) is 118 cm³/mol. The Morgan fingerprint density at radius 2 is 1.94 bits per heavy atom. The molecule has 4 rings (SSSR count). The van der Waals surface area contributed by atoms with Crippen molar-refractivity contribution < 1.29 is 33.2 Å². The highest BCUT2D eigenvalue weighted by Crippen LogP contribution is 2.46. The van der Waals surface area contributed by atoms with E-state index in [2.05, 4.69) is 6.07 Å². The number of rotatable bonds is 8. The molecule has 0 aromatic heterocycles. The number of methoxy groups -OCH3 is 1. The highest BCUT2D eigenvalue weighted by molar-refractivity contribution is 5.99. The monoisotopic (exact) mass is 451 g/mol. The van der Waals surface area contributed by atoms with E-state index in [1.54, 1.807) is 24.3 Å². The number of nitriles is 1. The molecule has 0 bridgehead atoms. The first kappa shape index (κ1) is 22.3. The fourth-order valence-corrected chi connectivity index (χ4v) is 3.69. The molecule has 1 atom stereocenters. The molecule has 8 nitrogen and oxygen atoms in total. The van der Waals surface area contributed by atoms with Gasteiger partial charge in [-0.25, -0.2) is 4.79 Å². The number of carbonyl (C=O) groups excluding carboxylic acids is 1. The lowest BCUT2D eigenvalue weighted by atomic mass is 9.94. The van der Waals surface area contributed by atoms with Crippen LogP contribution in [0, 0.1) is 11.3 Å². The van der Waals surface area contributed by atoms with Gasteiger partial charge in [0.05, 0.1) is 31.5 Å². The second-order valence-electron chi connectivity index (χ2n) is 7.78. The smallest absolute Gasteiger partial charge is 0.341 e. The molecule has 0 aliphatic carbocycles. The molecule has 0 radical (unpaired) electrons. The fraction of sp³-hybridized carbons (Fsp3) is 0.360. The minimum absolute atomic E-state index is 0.0296. The van der Waals surface area contributed by atoms with Crippen molar-refractivity contribution >= 4 is 11.7 Å². The maximum atomic E-state index is 13.0. The van der Waals surface area contributed by atoms with Gasteiger partial charge < -0.3 is 28.4 Å². The zero-order valence-electron chi connectivity index (χ0n) is 18.8. The number of unbranched alkanes of at least 4 members (excludes halogenated alkanes) is 1. The molecule has 0 spiro atoms. The first-order chi connectivity index (χ1) is 16.0. The quantitative estimate of drug-likeness (QED) is 0.426. The summed E-state index contributed by atoms with van der Waals surface area (Å²) in [4.78, 5) is 13.0. The minimum Gasteiger partial charge on any atom is -0.492 e. The maximum absolute atomic E-state index is 13.0. The molecule has 1 unspecified atom stereocenters. The van der Waals surface area contributed by atoms with Gasteiger partial charge in [-0.15, -0.1) is 0 Å². The summed E-state index contributed by atoms with van der Waals surface area (Å²) in [6.07, 6.45) is 0.0358. The number of hydrogen-bond acceptors (Lipinski definition) is 8. The van der Waals surface area contributed by atoms with E-state index in [-0.39, 0.29) is 25.1 Å². The first-order valence-electron chi connectivity index (χ1n) is 10.7. The van der Waals surface area contributed by atoms with Crippen molar-refractivity contribution in [3.8, 4) is 29.1 Å². The third kappa shape index (κ3) is 4.67. The Balaban J connectivity index is 1.82. The number of esters is 1. The van der Waals surface area contributed by atoms with E-state index in [4.69, 9.17) is 33.7 Å². The molecular weight excluding hydrogens is 426 g/mol. The van der Waals surface area contributed by atoms with Crippen LogP contribution in [0.3, 0.4) is 0 Å². The van der Waals surface area contributed by atoms with Gasteiger partial charge in [-0.3, -0.25) is 0 Å². The van der Waals surface area contributed by atoms with Gasteiger partial charge in [0.2, 0.25) is 6.79 Å². The van der Waals surface area contributed by atoms with Crippen LogP contribution in [-0.2, 0) is 14.3 Å². The van der Waals surface area contributed by atoms with E-state index in [9.17, 15) is 4.79 Å². The van der Waals surface area contributed by atoms with Crippen molar-refractivity contribution in [1.29, 1.82) is 5.26 Å². The third-order valence-electron chi connectivity index (χ3n) is 5.10. The Labute approximate surface area is 192 Å². The second-order valence-corrected chi connectivity index (χ2v) is 7.78. The largest absolute Gasteiger partial charge is 0.492 e. The summed E-state index contributed by atoms with van der Waals surface area (Å²) in [6, 6.07) is 12.9. The van der Waals surface area contributed by atoms with Crippen molar-refractivity contribution in [1.82, 2.24) is 0 Å². The molecular formula is C25H25NO7. The van der Waals surface area contributed by atoms with Gasteiger partial charge in [-0.2, -0.15) is 5.26 Å². The van der Waals surface area contributed by atoms with Crippen LogP contribution in [0.2, 0.25) is 0 Å².